The Balaban J connectivity index is 1.05. The third-order valence-electron chi connectivity index (χ3n) is 12.5. The van der Waals surface area contributed by atoms with Gasteiger partial charge in [-0.1, -0.05) is 39.0 Å². The molecule has 5 unspecified atom stereocenters. The van der Waals surface area contributed by atoms with Crippen LogP contribution in [-0.2, 0) is 11.3 Å². The van der Waals surface area contributed by atoms with Crippen LogP contribution in [0.5, 0.6) is 0 Å². The average Bonchev–Trinajstić information content (AvgIpc) is 3.34. The van der Waals surface area contributed by atoms with Crippen molar-refractivity contribution in [2.24, 2.45) is 35.5 Å². The van der Waals surface area contributed by atoms with Crippen LogP contribution >= 0.6 is 0 Å². The van der Waals surface area contributed by atoms with Crippen molar-refractivity contribution in [3.63, 3.8) is 0 Å². The lowest BCUT2D eigenvalue weighted by Gasteiger charge is -2.46. The summed E-state index contributed by atoms with van der Waals surface area (Å²) in [5.41, 5.74) is 4.91. The monoisotopic (exact) mass is 669 g/mol. The number of fused-ring (bicyclic) bond motifs is 3. The molecule has 8 heteroatoms. The minimum atomic E-state index is -0.151. The molecule has 2 amide bonds. The van der Waals surface area contributed by atoms with E-state index in [9.17, 15) is 14.4 Å². The number of aromatic nitrogens is 2. The van der Waals surface area contributed by atoms with Crippen molar-refractivity contribution in [2.45, 2.75) is 105 Å². The number of H-pyrrole nitrogens is 1. The lowest BCUT2D eigenvalue weighted by Crippen LogP contribution is -2.42. The van der Waals surface area contributed by atoms with Crippen LogP contribution in [0, 0.1) is 56.3 Å². The maximum atomic E-state index is 13.7. The quantitative estimate of drug-likeness (QED) is 0.204. The van der Waals surface area contributed by atoms with Crippen LogP contribution in [0.25, 0.3) is 10.9 Å². The first kappa shape index (κ1) is 35.4. The smallest absolute Gasteiger partial charge is 0.254 e. The third-order valence-corrected chi connectivity index (χ3v) is 12.5. The second-order valence-corrected chi connectivity index (χ2v) is 16.0. The number of hydrogen-bond donors (Lipinski definition) is 3. The SMILES string of the molecule is CC[C@@H](C1CCN(CCNC(=O)CC2C(C)CC3CC(C)CC2C3)CC1)n1c(C)c(C(=O)NCc2c(C)cc(C)[nH]c2=O)c2ccccc21. The third kappa shape index (κ3) is 7.69. The molecule has 0 spiro atoms. The van der Waals surface area contributed by atoms with Crippen LogP contribution < -0.4 is 16.2 Å². The summed E-state index contributed by atoms with van der Waals surface area (Å²) in [5, 5.41) is 7.30. The van der Waals surface area contributed by atoms with Crippen LogP contribution in [0.2, 0.25) is 0 Å². The zero-order valence-corrected chi connectivity index (χ0v) is 30.7. The second kappa shape index (κ2) is 15.2. The molecule has 2 bridgehead atoms. The lowest BCUT2D eigenvalue weighted by molar-refractivity contribution is -0.124. The van der Waals surface area contributed by atoms with Gasteiger partial charge in [0.15, 0.2) is 0 Å². The fourth-order valence-electron chi connectivity index (χ4n) is 10.3. The molecule has 0 radical (unpaired) electrons. The summed E-state index contributed by atoms with van der Waals surface area (Å²) in [5.74, 6) is 4.23. The molecule has 266 valence electrons. The van der Waals surface area contributed by atoms with Gasteiger partial charge in [0.2, 0.25) is 5.91 Å². The Hall–Kier alpha value is -3.39. The first-order chi connectivity index (χ1) is 23.5. The van der Waals surface area contributed by atoms with Gasteiger partial charge in [0.1, 0.15) is 0 Å². The number of aromatic amines is 1. The highest BCUT2D eigenvalue weighted by molar-refractivity contribution is 6.08. The molecule has 49 heavy (non-hydrogen) atoms. The summed E-state index contributed by atoms with van der Waals surface area (Å²) in [7, 11) is 0. The van der Waals surface area contributed by atoms with Gasteiger partial charge in [-0.2, -0.15) is 0 Å². The van der Waals surface area contributed by atoms with E-state index in [2.05, 4.69) is 64.9 Å². The maximum absolute atomic E-state index is 13.7. The number of likely N-dealkylation sites (tertiary alicyclic amines) is 1. The summed E-state index contributed by atoms with van der Waals surface area (Å²) in [6, 6.07) is 10.5. The standard InChI is InChI=1S/C41H59N5O3/c1-7-36(31-12-15-45(16-13-31)17-14-42-38(47)23-34-27(4)21-30-18-25(2)19-32(34)22-30)46-29(6)39(33-10-8-9-11-37(33)46)41(49)43-24-35-26(3)20-28(5)44-40(35)48/h8-11,20,25,27,30-32,34,36H,7,12-19,21-24H2,1-6H3,(H,42,47)(H,43,49)(H,44,48)/t25?,27?,30?,32?,34?,36-/m0/s1. The van der Waals surface area contributed by atoms with E-state index in [4.69, 9.17) is 0 Å². The molecule has 2 saturated carbocycles. The Bertz CT molecular complexity index is 1690. The Morgan fingerprint density at radius 2 is 1.76 bits per heavy atom. The van der Waals surface area contributed by atoms with E-state index in [1.165, 1.54) is 25.7 Å². The molecule has 6 rings (SSSR count). The molecular weight excluding hydrogens is 610 g/mol. The molecule has 2 aliphatic carbocycles. The summed E-state index contributed by atoms with van der Waals surface area (Å²) in [6.07, 6.45) is 9.19. The molecule has 8 nitrogen and oxygen atoms in total. The first-order valence-corrected chi connectivity index (χ1v) is 19.1. The number of rotatable bonds is 11. The number of benzene rings is 1. The van der Waals surface area contributed by atoms with Crippen molar-refractivity contribution < 1.29 is 9.59 Å². The number of nitrogens with one attached hydrogen (secondary N) is 3. The zero-order chi connectivity index (χ0) is 34.8. The van der Waals surface area contributed by atoms with Gasteiger partial charge < -0.3 is 25.1 Å². The van der Waals surface area contributed by atoms with E-state index in [-0.39, 0.29) is 30.0 Å². The van der Waals surface area contributed by atoms with Crippen LogP contribution in [0.4, 0.5) is 0 Å². The highest BCUT2D eigenvalue weighted by Gasteiger charge is 2.40. The Morgan fingerprint density at radius 1 is 1.00 bits per heavy atom. The fourth-order valence-corrected chi connectivity index (χ4v) is 10.3. The van der Waals surface area contributed by atoms with E-state index < -0.39 is 0 Å². The van der Waals surface area contributed by atoms with Crippen LogP contribution in [0.3, 0.4) is 0 Å². The van der Waals surface area contributed by atoms with E-state index >= 15 is 0 Å². The summed E-state index contributed by atoms with van der Waals surface area (Å²) in [6.45, 7) is 16.7. The topological polar surface area (TPSA) is 99.2 Å². The van der Waals surface area contributed by atoms with Crippen molar-refractivity contribution >= 4 is 22.7 Å². The maximum Gasteiger partial charge on any atom is 0.254 e. The van der Waals surface area contributed by atoms with Gasteiger partial charge in [0.25, 0.3) is 11.5 Å². The molecular formula is C41H59N5O3. The van der Waals surface area contributed by atoms with Gasteiger partial charge in [-0.25, -0.2) is 0 Å². The first-order valence-electron chi connectivity index (χ1n) is 19.1. The normalized spacial score (nSPS) is 25.3. The molecule has 1 aliphatic heterocycles. The number of carbonyl (C=O) groups excluding carboxylic acids is 2. The minimum absolute atomic E-state index is 0.144. The van der Waals surface area contributed by atoms with Gasteiger partial charge in [-0.15, -0.1) is 0 Å². The van der Waals surface area contributed by atoms with Gasteiger partial charge >= 0.3 is 0 Å². The number of carbonyl (C=O) groups is 2. The van der Waals surface area contributed by atoms with Crippen LogP contribution in [0.1, 0.15) is 111 Å². The highest BCUT2D eigenvalue weighted by Crippen LogP contribution is 2.49. The van der Waals surface area contributed by atoms with E-state index in [0.29, 0.717) is 35.3 Å². The predicted octanol–water partition coefficient (Wildman–Crippen LogP) is 7.06. The number of aryl methyl sites for hydroxylation is 2. The molecule has 3 heterocycles. The number of pyridine rings is 1. The molecule has 6 atom stereocenters. The molecule has 3 aromatic rings. The molecule has 3 aliphatic rings. The number of amides is 2. The summed E-state index contributed by atoms with van der Waals surface area (Å²) < 4.78 is 2.41. The largest absolute Gasteiger partial charge is 0.355 e. The van der Waals surface area contributed by atoms with Crippen molar-refractivity contribution in [3.8, 4) is 0 Å². The number of nitrogens with zero attached hydrogens (tertiary/aromatic N) is 2. The van der Waals surface area contributed by atoms with Crippen molar-refractivity contribution in [1.82, 2.24) is 25.1 Å². The Labute approximate surface area is 292 Å². The number of para-hydroxylation sites is 1. The van der Waals surface area contributed by atoms with Crippen LogP contribution in [-0.4, -0.2) is 52.4 Å². The zero-order valence-electron chi connectivity index (χ0n) is 30.7. The van der Waals surface area contributed by atoms with Gasteiger partial charge in [-0.3, -0.25) is 14.4 Å². The molecule has 3 N–H and O–H groups in total. The summed E-state index contributed by atoms with van der Waals surface area (Å²) in [4.78, 5) is 44.8. The molecule has 1 saturated heterocycles. The molecule has 2 aromatic heterocycles. The van der Waals surface area contributed by atoms with Gasteiger partial charge in [0, 0.05) is 60.0 Å². The number of hydrogen-bond acceptors (Lipinski definition) is 4. The fraction of sp³-hybridized carbons (Fsp3) is 0.634. The summed E-state index contributed by atoms with van der Waals surface area (Å²) >= 11 is 0. The molecule has 3 fully saturated rings. The average molecular weight is 670 g/mol. The Morgan fingerprint density at radius 3 is 2.49 bits per heavy atom. The Kier molecular flexibility index (Phi) is 11.0. The van der Waals surface area contributed by atoms with E-state index in [1.807, 2.05) is 32.0 Å². The molecule has 1 aromatic carbocycles. The highest BCUT2D eigenvalue weighted by atomic mass is 16.2. The minimum Gasteiger partial charge on any atom is -0.355 e. The van der Waals surface area contributed by atoms with Gasteiger partial charge in [0.05, 0.1) is 5.56 Å². The van der Waals surface area contributed by atoms with Crippen molar-refractivity contribution in [2.75, 3.05) is 26.2 Å². The second-order valence-electron chi connectivity index (χ2n) is 16.0. The lowest BCUT2D eigenvalue weighted by atomic mass is 9.59. The van der Waals surface area contributed by atoms with Crippen molar-refractivity contribution in [1.29, 1.82) is 0 Å². The van der Waals surface area contributed by atoms with Crippen LogP contribution in [0.15, 0.2) is 35.1 Å². The predicted molar refractivity (Wildman–Crippen MR) is 198 cm³/mol. The van der Waals surface area contributed by atoms with Crippen molar-refractivity contribution in [3.05, 3.63) is 68.8 Å². The van der Waals surface area contributed by atoms with Gasteiger partial charge in [-0.05, 0) is 132 Å². The van der Waals surface area contributed by atoms with E-state index in [0.717, 1.165) is 91.0 Å². The number of piperidine rings is 1. The van der Waals surface area contributed by atoms with E-state index in [1.54, 1.807) is 0 Å².